The molecule has 3 unspecified atom stereocenters. The van der Waals surface area contributed by atoms with Gasteiger partial charge in [-0.1, -0.05) is 49.6 Å². The summed E-state index contributed by atoms with van der Waals surface area (Å²) in [5, 5.41) is 3.73. The molecular formula is C18H24N2O. The van der Waals surface area contributed by atoms with Crippen LogP contribution in [-0.2, 0) is 4.79 Å². The fourth-order valence-electron chi connectivity index (χ4n) is 4.21. The third-order valence-corrected chi connectivity index (χ3v) is 5.57. The number of hydrogen-bond donors (Lipinski definition) is 1. The van der Waals surface area contributed by atoms with E-state index in [-0.39, 0.29) is 11.7 Å². The van der Waals surface area contributed by atoms with Gasteiger partial charge in [0.05, 0.1) is 5.54 Å². The number of rotatable bonds is 2. The normalized spacial score (nSPS) is 33.9. The number of aryl methyl sites for hydroxylation is 1. The molecule has 3 aliphatic rings. The van der Waals surface area contributed by atoms with E-state index < -0.39 is 0 Å². The molecule has 4 rings (SSSR count). The second-order valence-corrected chi connectivity index (χ2v) is 7.24. The first-order chi connectivity index (χ1) is 10.1. The van der Waals surface area contributed by atoms with Gasteiger partial charge in [-0.2, -0.15) is 0 Å². The highest BCUT2D eigenvalue weighted by Gasteiger charge is 2.57. The molecule has 3 nitrogen and oxygen atoms in total. The van der Waals surface area contributed by atoms with Gasteiger partial charge in [0.2, 0.25) is 5.91 Å². The average molecular weight is 284 g/mol. The molecule has 0 bridgehead atoms. The van der Waals surface area contributed by atoms with Gasteiger partial charge >= 0.3 is 0 Å². The molecule has 3 fully saturated rings. The van der Waals surface area contributed by atoms with Crippen molar-refractivity contribution in [3.63, 3.8) is 0 Å². The van der Waals surface area contributed by atoms with Gasteiger partial charge in [0, 0.05) is 6.04 Å². The van der Waals surface area contributed by atoms with Crippen molar-refractivity contribution in [3.05, 3.63) is 35.4 Å². The molecule has 112 valence electrons. The van der Waals surface area contributed by atoms with Crippen molar-refractivity contribution in [3.8, 4) is 0 Å². The van der Waals surface area contributed by atoms with Crippen molar-refractivity contribution >= 4 is 5.91 Å². The summed E-state index contributed by atoms with van der Waals surface area (Å²) >= 11 is 0. The van der Waals surface area contributed by atoms with Gasteiger partial charge in [0.15, 0.2) is 0 Å². The quantitative estimate of drug-likeness (QED) is 0.905. The molecule has 1 aliphatic heterocycles. The van der Waals surface area contributed by atoms with E-state index in [4.69, 9.17) is 0 Å². The predicted octanol–water partition coefficient (Wildman–Crippen LogP) is 3.15. The van der Waals surface area contributed by atoms with E-state index in [0.717, 1.165) is 19.3 Å². The van der Waals surface area contributed by atoms with E-state index in [1.54, 1.807) is 0 Å². The lowest BCUT2D eigenvalue weighted by molar-refractivity contribution is -0.134. The number of nitrogens with one attached hydrogen (secondary N) is 1. The van der Waals surface area contributed by atoms with Crippen LogP contribution in [0, 0.1) is 12.8 Å². The summed E-state index contributed by atoms with van der Waals surface area (Å²) in [7, 11) is 0. The first-order valence-corrected chi connectivity index (χ1v) is 8.28. The van der Waals surface area contributed by atoms with Crippen LogP contribution in [0.15, 0.2) is 24.3 Å². The fourth-order valence-corrected chi connectivity index (χ4v) is 4.21. The molecule has 1 spiro atoms. The minimum absolute atomic E-state index is 0.0745. The minimum atomic E-state index is -0.267. The molecule has 1 amide bonds. The van der Waals surface area contributed by atoms with E-state index in [2.05, 4.69) is 48.3 Å². The highest BCUT2D eigenvalue weighted by Crippen LogP contribution is 2.47. The maximum Gasteiger partial charge on any atom is 0.244 e. The van der Waals surface area contributed by atoms with E-state index in [1.807, 2.05) is 0 Å². The van der Waals surface area contributed by atoms with Crippen LogP contribution in [0.1, 0.15) is 56.3 Å². The Morgan fingerprint density at radius 2 is 2.00 bits per heavy atom. The largest absolute Gasteiger partial charge is 0.318 e. The molecular weight excluding hydrogens is 260 g/mol. The number of benzene rings is 1. The van der Waals surface area contributed by atoms with Gasteiger partial charge in [-0.3, -0.25) is 10.1 Å². The van der Waals surface area contributed by atoms with Crippen molar-refractivity contribution < 1.29 is 4.79 Å². The Hall–Kier alpha value is -1.35. The molecule has 3 heteroatoms. The van der Waals surface area contributed by atoms with Crippen molar-refractivity contribution in [2.45, 2.75) is 63.7 Å². The second kappa shape index (κ2) is 4.57. The van der Waals surface area contributed by atoms with E-state index in [0.29, 0.717) is 17.9 Å². The van der Waals surface area contributed by atoms with Crippen LogP contribution in [0.4, 0.5) is 0 Å². The van der Waals surface area contributed by atoms with Crippen molar-refractivity contribution in [2.24, 2.45) is 5.92 Å². The van der Waals surface area contributed by atoms with Gasteiger partial charge < -0.3 is 4.90 Å². The number of hydrogen-bond acceptors (Lipinski definition) is 2. The van der Waals surface area contributed by atoms with Crippen LogP contribution in [0.25, 0.3) is 0 Å². The lowest BCUT2D eigenvalue weighted by Crippen LogP contribution is -2.44. The van der Waals surface area contributed by atoms with E-state index in [1.165, 1.54) is 24.0 Å². The Morgan fingerprint density at radius 3 is 2.62 bits per heavy atom. The molecule has 1 aromatic carbocycles. The summed E-state index contributed by atoms with van der Waals surface area (Å²) in [6.45, 7) is 4.38. The number of nitrogens with zero attached hydrogens (tertiary/aromatic N) is 1. The summed E-state index contributed by atoms with van der Waals surface area (Å²) in [5.41, 5.74) is 2.24. The Kier molecular flexibility index (Phi) is 2.90. The van der Waals surface area contributed by atoms with Gasteiger partial charge in [0.1, 0.15) is 6.17 Å². The number of amides is 1. The summed E-state index contributed by atoms with van der Waals surface area (Å²) in [6.07, 6.45) is 5.59. The van der Waals surface area contributed by atoms with Crippen LogP contribution in [-0.4, -0.2) is 22.4 Å². The standard InChI is InChI=1S/C18H24N2O/c1-12-6-5-7-14(10-12)16-19-18(8-3-4-9-18)17(21)20(16)15-11-13(15)2/h5-7,10,13,15-16,19H,3-4,8-9,11H2,1-2H3. The summed E-state index contributed by atoms with van der Waals surface area (Å²) in [4.78, 5) is 15.3. The van der Waals surface area contributed by atoms with E-state index >= 15 is 0 Å². The smallest absolute Gasteiger partial charge is 0.244 e. The van der Waals surface area contributed by atoms with Crippen LogP contribution in [0.2, 0.25) is 0 Å². The molecule has 1 saturated heterocycles. The van der Waals surface area contributed by atoms with Crippen LogP contribution in [0.3, 0.4) is 0 Å². The van der Waals surface area contributed by atoms with Crippen LogP contribution >= 0.6 is 0 Å². The molecule has 1 heterocycles. The Morgan fingerprint density at radius 1 is 1.29 bits per heavy atom. The van der Waals surface area contributed by atoms with Crippen molar-refractivity contribution in [1.82, 2.24) is 10.2 Å². The highest BCUT2D eigenvalue weighted by atomic mass is 16.2. The van der Waals surface area contributed by atoms with Gasteiger partial charge in [0.25, 0.3) is 0 Å². The zero-order valence-electron chi connectivity index (χ0n) is 12.9. The van der Waals surface area contributed by atoms with Crippen LogP contribution < -0.4 is 5.32 Å². The lowest BCUT2D eigenvalue weighted by atomic mass is 9.98. The second-order valence-electron chi connectivity index (χ2n) is 7.24. The SMILES string of the molecule is Cc1cccc(C2NC3(CCCC3)C(=O)N2C2CC2C)c1. The molecule has 3 atom stereocenters. The fraction of sp³-hybridized carbons (Fsp3) is 0.611. The van der Waals surface area contributed by atoms with Crippen molar-refractivity contribution in [1.29, 1.82) is 0 Å². The summed E-state index contributed by atoms with van der Waals surface area (Å²) < 4.78 is 0. The molecule has 2 saturated carbocycles. The zero-order valence-corrected chi connectivity index (χ0v) is 12.9. The third-order valence-electron chi connectivity index (χ3n) is 5.57. The average Bonchev–Trinajstić information content (AvgIpc) is 2.90. The van der Waals surface area contributed by atoms with Crippen molar-refractivity contribution in [2.75, 3.05) is 0 Å². The summed E-state index contributed by atoms with van der Waals surface area (Å²) in [5.74, 6) is 1.01. The maximum atomic E-state index is 13.1. The highest BCUT2D eigenvalue weighted by molar-refractivity contribution is 5.90. The Bertz CT molecular complexity index is 576. The van der Waals surface area contributed by atoms with Gasteiger partial charge in [-0.25, -0.2) is 0 Å². The molecule has 1 aromatic rings. The first-order valence-electron chi connectivity index (χ1n) is 8.28. The Balaban J connectivity index is 1.72. The molecule has 1 N–H and O–H groups in total. The summed E-state index contributed by atoms with van der Waals surface area (Å²) in [6, 6.07) is 9.04. The number of carbonyl (C=O) groups is 1. The van der Waals surface area contributed by atoms with Gasteiger partial charge in [-0.15, -0.1) is 0 Å². The lowest BCUT2D eigenvalue weighted by Gasteiger charge is -2.25. The molecule has 2 aliphatic carbocycles. The topological polar surface area (TPSA) is 32.3 Å². The van der Waals surface area contributed by atoms with E-state index in [9.17, 15) is 4.79 Å². The molecule has 21 heavy (non-hydrogen) atoms. The minimum Gasteiger partial charge on any atom is -0.318 e. The molecule has 0 radical (unpaired) electrons. The number of carbonyl (C=O) groups excluding carboxylic acids is 1. The predicted molar refractivity (Wildman–Crippen MR) is 82.7 cm³/mol. The molecule has 0 aromatic heterocycles. The monoisotopic (exact) mass is 284 g/mol. The van der Waals surface area contributed by atoms with Crippen LogP contribution in [0.5, 0.6) is 0 Å². The maximum absolute atomic E-state index is 13.1. The Labute approximate surface area is 126 Å². The zero-order chi connectivity index (χ0) is 14.6. The van der Waals surface area contributed by atoms with Gasteiger partial charge in [-0.05, 0) is 37.7 Å². The third kappa shape index (κ3) is 2.02. The first kappa shape index (κ1) is 13.3.